The molecule has 0 radical (unpaired) electrons. The Morgan fingerprint density at radius 1 is 0.920 bits per heavy atom. The second-order valence-corrected chi connectivity index (χ2v) is 5.43. The Hall–Kier alpha value is -2.89. The summed E-state index contributed by atoms with van der Waals surface area (Å²) in [6.07, 6.45) is 0. The molecule has 0 saturated heterocycles. The Morgan fingerprint density at radius 3 is 2.16 bits per heavy atom. The van der Waals surface area contributed by atoms with E-state index >= 15 is 0 Å². The van der Waals surface area contributed by atoms with Crippen molar-refractivity contribution in [1.29, 1.82) is 0 Å². The van der Waals surface area contributed by atoms with Crippen molar-refractivity contribution < 1.29 is 23.7 Å². The summed E-state index contributed by atoms with van der Waals surface area (Å²) in [6, 6.07) is 12.2. The largest absolute Gasteiger partial charge is 0.497 e. The summed E-state index contributed by atoms with van der Waals surface area (Å²) in [7, 11) is 4.70. The maximum absolute atomic E-state index is 12.3. The molecule has 1 N–H and O–H groups in total. The molecule has 0 aliphatic carbocycles. The van der Waals surface area contributed by atoms with Crippen LogP contribution in [0.1, 0.15) is 17.3 Å². The highest BCUT2D eigenvalue weighted by molar-refractivity contribution is 5.95. The molecule has 2 aromatic rings. The monoisotopic (exact) mass is 345 g/mol. The van der Waals surface area contributed by atoms with E-state index in [4.69, 9.17) is 18.9 Å². The number of carbonyl (C=O) groups is 1. The average Bonchev–Trinajstić information content (AvgIpc) is 2.66. The lowest BCUT2D eigenvalue weighted by atomic mass is 10.1. The van der Waals surface area contributed by atoms with Crippen LogP contribution in [0.3, 0.4) is 0 Å². The first-order valence-electron chi connectivity index (χ1n) is 7.87. The molecule has 1 unspecified atom stereocenters. The van der Waals surface area contributed by atoms with Crippen LogP contribution in [0.25, 0.3) is 0 Å². The van der Waals surface area contributed by atoms with Gasteiger partial charge in [-0.25, -0.2) is 0 Å². The zero-order chi connectivity index (χ0) is 18.2. The first kappa shape index (κ1) is 18.4. The number of hydrogen-bond donors (Lipinski definition) is 1. The summed E-state index contributed by atoms with van der Waals surface area (Å²) in [5.41, 5.74) is 0.494. The Morgan fingerprint density at radius 2 is 1.56 bits per heavy atom. The molecule has 0 bridgehead atoms. The van der Waals surface area contributed by atoms with Gasteiger partial charge in [0.15, 0.2) is 11.5 Å². The number of nitrogens with one attached hydrogen (secondary N) is 1. The van der Waals surface area contributed by atoms with Gasteiger partial charge in [0.05, 0.1) is 27.4 Å². The molecule has 2 rings (SSSR count). The molecule has 0 aromatic heterocycles. The number of benzene rings is 2. The molecule has 0 heterocycles. The number of amides is 1. The third-order valence-electron chi connectivity index (χ3n) is 3.58. The van der Waals surface area contributed by atoms with Crippen molar-refractivity contribution in [2.75, 3.05) is 27.9 Å². The molecule has 25 heavy (non-hydrogen) atoms. The Bertz CT molecular complexity index is 699. The van der Waals surface area contributed by atoms with E-state index in [0.29, 0.717) is 29.4 Å². The van der Waals surface area contributed by atoms with Gasteiger partial charge in [0.1, 0.15) is 18.1 Å². The van der Waals surface area contributed by atoms with E-state index in [1.807, 2.05) is 31.2 Å². The van der Waals surface area contributed by atoms with Gasteiger partial charge in [-0.15, -0.1) is 0 Å². The van der Waals surface area contributed by atoms with Crippen LogP contribution >= 0.6 is 0 Å². The van der Waals surface area contributed by atoms with E-state index < -0.39 is 0 Å². The van der Waals surface area contributed by atoms with Gasteiger partial charge in [-0.3, -0.25) is 4.79 Å². The third kappa shape index (κ3) is 5.04. The van der Waals surface area contributed by atoms with Crippen molar-refractivity contribution in [3.05, 3.63) is 48.0 Å². The van der Waals surface area contributed by atoms with Crippen LogP contribution in [0, 0.1) is 0 Å². The number of methoxy groups -OCH3 is 3. The van der Waals surface area contributed by atoms with Gasteiger partial charge >= 0.3 is 0 Å². The molecule has 134 valence electrons. The summed E-state index contributed by atoms with van der Waals surface area (Å²) in [5, 5.41) is 2.89. The Balaban J connectivity index is 1.90. The van der Waals surface area contributed by atoms with Gasteiger partial charge in [-0.05, 0) is 49.4 Å². The fourth-order valence-electron chi connectivity index (χ4n) is 2.22. The minimum Gasteiger partial charge on any atom is -0.497 e. The van der Waals surface area contributed by atoms with Gasteiger partial charge in [0.2, 0.25) is 0 Å². The highest BCUT2D eigenvalue weighted by Gasteiger charge is 2.13. The van der Waals surface area contributed by atoms with E-state index in [0.717, 1.165) is 5.75 Å². The third-order valence-corrected chi connectivity index (χ3v) is 3.58. The van der Waals surface area contributed by atoms with Gasteiger partial charge in [-0.1, -0.05) is 0 Å². The van der Waals surface area contributed by atoms with Crippen LogP contribution < -0.4 is 24.3 Å². The minimum absolute atomic E-state index is 0.164. The lowest BCUT2D eigenvalue weighted by molar-refractivity contribution is 0.0926. The Kier molecular flexibility index (Phi) is 6.51. The summed E-state index contributed by atoms with van der Waals surface area (Å²) < 4.78 is 21.2. The fourth-order valence-corrected chi connectivity index (χ4v) is 2.22. The van der Waals surface area contributed by atoms with Crippen LogP contribution in [0.4, 0.5) is 0 Å². The van der Waals surface area contributed by atoms with Gasteiger partial charge < -0.3 is 24.3 Å². The molecule has 0 saturated carbocycles. The molecule has 0 spiro atoms. The molecule has 1 amide bonds. The topological polar surface area (TPSA) is 66.0 Å². The van der Waals surface area contributed by atoms with Crippen LogP contribution in [0.15, 0.2) is 42.5 Å². The van der Waals surface area contributed by atoms with E-state index in [9.17, 15) is 4.79 Å². The zero-order valence-electron chi connectivity index (χ0n) is 14.9. The molecule has 0 fully saturated rings. The fraction of sp³-hybridized carbons (Fsp3) is 0.316. The first-order valence-corrected chi connectivity index (χ1v) is 7.87. The highest BCUT2D eigenvalue weighted by Crippen LogP contribution is 2.27. The average molecular weight is 345 g/mol. The Labute approximate surface area is 147 Å². The highest BCUT2D eigenvalue weighted by atomic mass is 16.5. The minimum atomic E-state index is -0.202. The smallest absolute Gasteiger partial charge is 0.251 e. The lowest BCUT2D eigenvalue weighted by Crippen LogP contribution is -2.36. The molecular formula is C19H23NO5. The maximum Gasteiger partial charge on any atom is 0.251 e. The molecule has 2 aromatic carbocycles. The van der Waals surface area contributed by atoms with Crippen LogP contribution in [0.2, 0.25) is 0 Å². The number of hydrogen-bond acceptors (Lipinski definition) is 5. The molecule has 6 heteroatoms. The SMILES string of the molecule is COc1ccc(OCC(C)NC(=O)c2ccc(OC)c(OC)c2)cc1. The quantitative estimate of drug-likeness (QED) is 0.797. The normalized spacial score (nSPS) is 11.4. The lowest BCUT2D eigenvalue weighted by Gasteiger charge is -2.16. The molecule has 0 aliphatic rings. The van der Waals surface area contributed by atoms with Gasteiger partial charge in [0.25, 0.3) is 5.91 Å². The van der Waals surface area contributed by atoms with Crippen molar-refractivity contribution in [2.24, 2.45) is 0 Å². The van der Waals surface area contributed by atoms with Crippen molar-refractivity contribution in [3.8, 4) is 23.0 Å². The molecule has 1 atom stereocenters. The van der Waals surface area contributed by atoms with E-state index in [1.165, 1.54) is 7.11 Å². The summed E-state index contributed by atoms with van der Waals surface area (Å²) in [4.78, 5) is 12.3. The zero-order valence-corrected chi connectivity index (χ0v) is 14.9. The molecule has 0 aliphatic heterocycles. The van der Waals surface area contributed by atoms with Gasteiger partial charge in [0, 0.05) is 5.56 Å². The number of carbonyl (C=O) groups excluding carboxylic acids is 1. The van der Waals surface area contributed by atoms with E-state index in [1.54, 1.807) is 32.4 Å². The number of rotatable bonds is 8. The summed E-state index contributed by atoms with van der Waals surface area (Å²) in [5.74, 6) is 2.37. The van der Waals surface area contributed by atoms with Crippen LogP contribution in [-0.2, 0) is 0 Å². The molecular weight excluding hydrogens is 322 g/mol. The van der Waals surface area contributed by atoms with Crippen molar-refractivity contribution >= 4 is 5.91 Å². The maximum atomic E-state index is 12.3. The van der Waals surface area contributed by atoms with Crippen LogP contribution in [0.5, 0.6) is 23.0 Å². The predicted octanol–water partition coefficient (Wildman–Crippen LogP) is 2.91. The first-order chi connectivity index (χ1) is 12.1. The standard InChI is InChI=1S/C19H23NO5/c1-13(12-25-16-8-6-15(22-2)7-9-16)20-19(21)14-5-10-17(23-3)18(11-14)24-4/h5-11,13H,12H2,1-4H3,(H,20,21). The predicted molar refractivity (Wildman–Crippen MR) is 95.0 cm³/mol. The van der Waals surface area contributed by atoms with Crippen molar-refractivity contribution in [3.63, 3.8) is 0 Å². The second-order valence-electron chi connectivity index (χ2n) is 5.43. The number of ether oxygens (including phenoxy) is 4. The van der Waals surface area contributed by atoms with E-state index in [2.05, 4.69) is 5.32 Å². The molecule has 6 nitrogen and oxygen atoms in total. The summed E-state index contributed by atoms with van der Waals surface area (Å²) in [6.45, 7) is 2.23. The van der Waals surface area contributed by atoms with Crippen molar-refractivity contribution in [1.82, 2.24) is 5.32 Å². The second kappa shape index (κ2) is 8.82. The summed E-state index contributed by atoms with van der Waals surface area (Å²) >= 11 is 0. The van der Waals surface area contributed by atoms with Crippen molar-refractivity contribution in [2.45, 2.75) is 13.0 Å². The van der Waals surface area contributed by atoms with Gasteiger partial charge in [-0.2, -0.15) is 0 Å². The van der Waals surface area contributed by atoms with E-state index in [-0.39, 0.29) is 11.9 Å². The van der Waals surface area contributed by atoms with Crippen LogP contribution in [-0.4, -0.2) is 39.9 Å².